The summed E-state index contributed by atoms with van der Waals surface area (Å²) in [6.45, 7) is 8.30. The first kappa shape index (κ1) is 75.3. The SMILES string of the molecule is CC1(C)OB(c2ccc(-c3nc(-c4ccccc4)c(-c4ccccc4)c(-n4c5ccccc5c5ccccc54)n3)cc2)OC1(C)C.N#Cc1ccc(-c2ccc(-c3ccc(-c4nc(-c5ccccc5)c(-c5ccccc5)c(-n5c6ccccc6c6ccccc65)n4)cc3)c3ccccc23)cc1.N#Cc1ccc(-c2ccc(Br)c3ccccc23)cc1. The molecule has 21 rings (SSSR count). The standard InChI is InChI=1S/C51H32N4.C40H34BN3O2.C17H10BrN/c52-33-34-23-25-35(26-24-34)40-31-32-41(43-18-8-7-17-42(40)43)36-27-29-39(30-28-36)50-53-49(38-15-5-2-6-16-38)48(37-13-3-1-4-14-37)51(54-50)55-46-21-11-9-19-44(46)45-20-10-12-22-47(45)55;1-39(2)40(3,4)46-41(45-39)30-25-23-29(24-26-30)37-42-36(28-17-9-6-10-18-28)35(27-15-7-5-8-16-27)38(43-37)44-33-21-13-11-19-31(33)32-20-12-14-22-34(32)44;18-17-10-9-14(15-3-1-2-4-16(15)17)13-7-5-12(11-19)6-8-13/h1-32H;5-26H,1-4H3;1-10H. The third-order valence-corrected chi connectivity index (χ3v) is 23.9. The van der Waals surface area contributed by atoms with E-state index in [1.54, 1.807) is 0 Å². The fourth-order valence-corrected chi connectivity index (χ4v) is 16.9. The summed E-state index contributed by atoms with van der Waals surface area (Å²) in [4.78, 5) is 21.6. The largest absolute Gasteiger partial charge is 0.494 e. The van der Waals surface area contributed by atoms with Gasteiger partial charge >= 0.3 is 7.12 Å². The van der Waals surface area contributed by atoms with E-state index in [2.05, 4.69) is 368 Å². The summed E-state index contributed by atoms with van der Waals surface area (Å²) in [6.07, 6.45) is 0. The third-order valence-electron chi connectivity index (χ3n) is 23.2. The van der Waals surface area contributed by atoms with Crippen LogP contribution in [-0.4, -0.2) is 47.4 Å². The molecule has 0 unspecified atom stereocenters. The van der Waals surface area contributed by atoms with Gasteiger partial charge < -0.3 is 9.31 Å². The van der Waals surface area contributed by atoms with Crippen LogP contribution in [0.25, 0.3) is 178 Å². The van der Waals surface area contributed by atoms with Crippen LogP contribution in [-0.2, 0) is 9.31 Å². The minimum absolute atomic E-state index is 0.408. The Morgan fingerprint density at radius 1 is 0.275 bits per heavy atom. The van der Waals surface area contributed by atoms with Gasteiger partial charge in [-0.3, -0.25) is 9.13 Å². The van der Waals surface area contributed by atoms with Crippen molar-refractivity contribution in [1.29, 1.82) is 10.5 Å². The van der Waals surface area contributed by atoms with Gasteiger partial charge in [0.25, 0.3) is 0 Å². The molecule has 5 heterocycles. The zero-order valence-corrected chi connectivity index (χ0v) is 67.9. The summed E-state index contributed by atoms with van der Waals surface area (Å²) in [7, 11) is -0.437. The van der Waals surface area contributed by atoms with Crippen LogP contribution >= 0.6 is 15.9 Å². The number of hydrogen-bond donors (Lipinski definition) is 0. The number of nitrogens with zero attached hydrogens (tertiary/aromatic N) is 8. The number of hydrogen-bond acceptors (Lipinski definition) is 8. The van der Waals surface area contributed by atoms with Gasteiger partial charge in [0.15, 0.2) is 11.6 Å². The van der Waals surface area contributed by atoms with Crippen molar-refractivity contribution in [3.63, 3.8) is 0 Å². The Morgan fingerprint density at radius 2 is 0.550 bits per heavy atom. The molecule has 4 aromatic heterocycles. The minimum Gasteiger partial charge on any atom is -0.399 e. The Morgan fingerprint density at radius 3 is 0.900 bits per heavy atom. The van der Waals surface area contributed by atoms with E-state index < -0.39 is 18.3 Å². The number of para-hydroxylation sites is 4. The van der Waals surface area contributed by atoms with E-state index in [1.165, 1.54) is 43.3 Å². The minimum atomic E-state index is -0.437. The lowest BCUT2D eigenvalue weighted by Crippen LogP contribution is -2.41. The maximum Gasteiger partial charge on any atom is 0.494 e. The molecule has 0 aliphatic carbocycles. The second kappa shape index (κ2) is 32.0. The molecular formula is C108H76BBrN8O2. The molecule has 1 aliphatic heterocycles. The highest BCUT2D eigenvalue weighted by atomic mass is 79.9. The van der Waals surface area contributed by atoms with Gasteiger partial charge in [-0.05, 0) is 154 Å². The van der Waals surface area contributed by atoms with Gasteiger partial charge in [-0.15, -0.1) is 0 Å². The topological polar surface area (TPSA) is 127 Å². The van der Waals surface area contributed by atoms with Crippen LogP contribution in [0.2, 0.25) is 0 Å². The summed E-state index contributed by atoms with van der Waals surface area (Å²) in [5.74, 6) is 2.97. The van der Waals surface area contributed by atoms with Crippen LogP contribution in [0.4, 0.5) is 0 Å². The highest BCUT2D eigenvalue weighted by molar-refractivity contribution is 9.10. The van der Waals surface area contributed by atoms with Crippen LogP contribution in [0, 0.1) is 22.7 Å². The molecule has 1 aliphatic rings. The number of fused-ring (bicyclic) bond motifs is 8. The molecule has 0 radical (unpaired) electrons. The molecule has 570 valence electrons. The summed E-state index contributed by atoms with van der Waals surface area (Å²) in [5, 5.41) is 27.6. The number of halogens is 1. The Hall–Kier alpha value is -14.8. The monoisotopic (exact) mass is 1610 g/mol. The van der Waals surface area contributed by atoms with Gasteiger partial charge in [0, 0.05) is 48.3 Å². The highest BCUT2D eigenvalue weighted by Gasteiger charge is 2.51. The summed E-state index contributed by atoms with van der Waals surface area (Å²) in [6, 6.07) is 138. The van der Waals surface area contributed by atoms with Crippen LogP contribution < -0.4 is 5.46 Å². The van der Waals surface area contributed by atoms with E-state index in [1.807, 2.05) is 84.9 Å². The van der Waals surface area contributed by atoms with Crippen molar-refractivity contribution in [3.05, 3.63) is 404 Å². The van der Waals surface area contributed by atoms with E-state index >= 15 is 0 Å². The normalized spacial score (nSPS) is 12.7. The molecule has 12 heteroatoms. The Labute approximate surface area is 705 Å². The van der Waals surface area contributed by atoms with Gasteiger partial charge in [-0.25, -0.2) is 19.9 Å². The van der Waals surface area contributed by atoms with Crippen molar-refractivity contribution in [2.24, 2.45) is 0 Å². The molecule has 16 aromatic carbocycles. The van der Waals surface area contributed by atoms with Crippen LogP contribution in [0.5, 0.6) is 0 Å². The van der Waals surface area contributed by atoms with Crippen LogP contribution in [0.15, 0.2) is 393 Å². The predicted molar refractivity (Wildman–Crippen MR) is 496 cm³/mol. The van der Waals surface area contributed by atoms with Gasteiger partial charge in [-0.2, -0.15) is 10.5 Å². The molecule has 1 saturated heterocycles. The molecule has 120 heavy (non-hydrogen) atoms. The smallest absolute Gasteiger partial charge is 0.399 e. The lowest BCUT2D eigenvalue weighted by molar-refractivity contribution is 0.00578. The van der Waals surface area contributed by atoms with Crippen molar-refractivity contribution in [3.8, 4) is 125 Å². The first-order valence-corrected chi connectivity index (χ1v) is 40.9. The van der Waals surface area contributed by atoms with Gasteiger partial charge in [0.1, 0.15) is 11.6 Å². The second-order valence-electron chi connectivity index (χ2n) is 30.9. The molecule has 1 fully saturated rings. The van der Waals surface area contributed by atoms with Crippen molar-refractivity contribution in [2.75, 3.05) is 0 Å². The molecule has 20 aromatic rings. The maximum absolute atomic E-state index is 9.32. The fraction of sp³-hybridized carbons (Fsp3) is 0.0556. The van der Waals surface area contributed by atoms with E-state index in [4.69, 9.17) is 34.5 Å². The fourth-order valence-electron chi connectivity index (χ4n) is 16.5. The predicted octanol–water partition coefficient (Wildman–Crippen LogP) is 26.9. The van der Waals surface area contributed by atoms with Crippen molar-refractivity contribution < 1.29 is 9.31 Å². The third kappa shape index (κ3) is 14.1. The highest BCUT2D eigenvalue weighted by Crippen LogP contribution is 2.46. The molecule has 0 amide bonds. The Kier molecular flexibility index (Phi) is 20.1. The van der Waals surface area contributed by atoms with Gasteiger partial charge in [0.05, 0.1) is 79.0 Å². The first-order valence-electron chi connectivity index (χ1n) is 40.1. The number of nitriles is 2. The molecule has 0 saturated carbocycles. The summed E-state index contributed by atoms with van der Waals surface area (Å²) in [5.41, 5.74) is 22.4. The van der Waals surface area contributed by atoms with Crippen molar-refractivity contribution >= 4 is 93.7 Å². The maximum atomic E-state index is 9.32. The Balaban J connectivity index is 0.000000132. The van der Waals surface area contributed by atoms with Gasteiger partial charge in [-0.1, -0.05) is 350 Å². The summed E-state index contributed by atoms with van der Waals surface area (Å²) < 4.78 is 18.4. The molecule has 0 spiro atoms. The van der Waals surface area contributed by atoms with E-state index in [9.17, 15) is 5.26 Å². The number of rotatable bonds is 12. The Bertz CT molecular complexity index is 7230. The van der Waals surface area contributed by atoms with E-state index in [0.29, 0.717) is 22.8 Å². The number of aromatic nitrogens is 6. The zero-order chi connectivity index (χ0) is 81.4. The lowest BCUT2D eigenvalue weighted by atomic mass is 9.79. The molecule has 0 atom stereocenters. The van der Waals surface area contributed by atoms with Crippen molar-refractivity contribution in [1.82, 2.24) is 29.1 Å². The lowest BCUT2D eigenvalue weighted by Gasteiger charge is -2.32. The average Bonchev–Trinajstić information content (AvgIpc) is 1.56. The first-order chi connectivity index (χ1) is 58.8. The van der Waals surface area contributed by atoms with E-state index in [0.717, 1.165) is 133 Å². The molecule has 0 N–H and O–H groups in total. The van der Waals surface area contributed by atoms with E-state index in [-0.39, 0.29) is 0 Å². The molecular weight excluding hydrogens is 1530 g/mol. The van der Waals surface area contributed by atoms with Crippen LogP contribution in [0.3, 0.4) is 0 Å². The summed E-state index contributed by atoms with van der Waals surface area (Å²) >= 11 is 3.58. The number of benzene rings is 16. The molecule has 10 nitrogen and oxygen atoms in total. The average molecular weight is 1610 g/mol. The second-order valence-corrected chi connectivity index (χ2v) is 31.8. The molecule has 0 bridgehead atoms. The quantitative estimate of drug-likeness (QED) is 0.111. The van der Waals surface area contributed by atoms with Crippen LogP contribution in [0.1, 0.15) is 38.8 Å². The van der Waals surface area contributed by atoms with Crippen molar-refractivity contribution in [2.45, 2.75) is 38.9 Å². The van der Waals surface area contributed by atoms with Gasteiger partial charge in [0.2, 0.25) is 0 Å². The zero-order valence-electron chi connectivity index (χ0n) is 66.3.